The fourth-order valence-corrected chi connectivity index (χ4v) is 1.76. The highest BCUT2D eigenvalue weighted by Crippen LogP contribution is 2.17. The number of aromatic carboxylic acids is 1. The van der Waals surface area contributed by atoms with Crippen LogP contribution in [0.15, 0.2) is 48.5 Å². The van der Waals surface area contributed by atoms with Crippen LogP contribution in [0.5, 0.6) is 5.75 Å². The van der Waals surface area contributed by atoms with E-state index in [1.165, 1.54) is 0 Å². The van der Waals surface area contributed by atoms with Crippen LogP contribution in [0.3, 0.4) is 0 Å². The molecule has 4 heteroatoms. The summed E-state index contributed by atoms with van der Waals surface area (Å²) in [4.78, 5) is 11.1. The molecule has 0 atom stereocenters. The second kappa shape index (κ2) is 5.91. The second-order valence-corrected chi connectivity index (χ2v) is 4.05. The van der Waals surface area contributed by atoms with E-state index in [1.807, 2.05) is 30.3 Å². The number of hydrogen-bond acceptors (Lipinski definition) is 3. The van der Waals surface area contributed by atoms with E-state index in [2.05, 4.69) is 5.32 Å². The van der Waals surface area contributed by atoms with Crippen molar-refractivity contribution in [3.05, 3.63) is 59.7 Å². The maximum Gasteiger partial charge on any atom is 0.337 e. The summed E-state index contributed by atoms with van der Waals surface area (Å²) in [6.45, 7) is 0.564. The zero-order chi connectivity index (χ0) is 13.7. The van der Waals surface area contributed by atoms with Crippen LogP contribution in [0, 0.1) is 0 Å². The third-order valence-corrected chi connectivity index (χ3v) is 2.80. The number of hydrogen-bond donors (Lipinski definition) is 2. The number of rotatable bonds is 5. The molecule has 0 spiro atoms. The van der Waals surface area contributed by atoms with Gasteiger partial charge < -0.3 is 15.2 Å². The van der Waals surface area contributed by atoms with Gasteiger partial charge in [-0.05, 0) is 29.8 Å². The number of para-hydroxylation sites is 1. The Morgan fingerprint density at radius 1 is 1.16 bits per heavy atom. The van der Waals surface area contributed by atoms with Crippen molar-refractivity contribution in [1.29, 1.82) is 0 Å². The van der Waals surface area contributed by atoms with Crippen molar-refractivity contribution in [3.63, 3.8) is 0 Å². The number of methoxy groups -OCH3 is 1. The van der Waals surface area contributed by atoms with Gasteiger partial charge in [0, 0.05) is 12.2 Å². The average Bonchev–Trinajstić information content (AvgIpc) is 2.46. The molecule has 2 aromatic rings. The standard InChI is InChI=1S/C15H15NO3/c1-19-12-8-6-11(7-9-12)10-16-14-5-3-2-4-13(14)15(17)18/h2-9,16H,10H2,1H3,(H,17,18). The molecular formula is C15H15NO3. The highest BCUT2D eigenvalue weighted by Gasteiger charge is 2.08. The first-order valence-corrected chi connectivity index (χ1v) is 5.90. The Bertz CT molecular complexity index is 564. The maximum atomic E-state index is 11.1. The van der Waals surface area contributed by atoms with Gasteiger partial charge in [0.1, 0.15) is 5.75 Å². The first-order valence-electron chi connectivity index (χ1n) is 5.90. The third-order valence-electron chi connectivity index (χ3n) is 2.80. The Kier molecular flexibility index (Phi) is 4.03. The molecule has 0 aromatic heterocycles. The molecule has 0 amide bonds. The summed E-state index contributed by atoms with van der Waals surface area (Å²) < 4.78 is 5.08. The fourth-order valence-electron chi connectivity index (χ4n) is 1.76. The molecule has 4 nitrogen and oxygen atoms in total. The van der Waals surface area contributed by atoms with Crippen molar-refractivity contribution >= 4 is 11.7 Å². The Morgan fingerprint density at radius 2 is 1.84 bits per heavy atom. The number of carboxylic acids is 1. The zero-order valence-electron chi connectivity index (χ0n) is 10.6. The maximum absolute atomic E-state index is 11.1. The predicted molar refractivity (Wildman–Crippen MR) is 73.7 cm³/mol. The zero-order valence-corrected chi connectivity index (χ0v) is 10.6. The van der Waals surface area contributed by atoms with Gasteiger partial charge in [-0.25, -0.2) is 4.79 Å². The fraction of sp³-hybridized carbons (Fsp3) is 0.133. The summed E-state index contributed by atoms with van der Waals surface area (Å²) in [5, 5.41) is 12.2. The van der Waals surface area contributed by atoms with E-state index in [0.717, 1.165) is 11.3 Å². The Labute approximate surface area is 111 Å². The number of anilines is 1. The van der Waals surface area contributed by atoms with Crippen molar-refractivity contribution in [3.8, 4) is 5.75 Å². The molecule has 2 rings (SSSR count). The molecule has 0 saturated carbocycles. The molecule has 0 fully saturated rings. The molecule has 2 aromatic carbocycles. The lowest BCUT2D eigenvalue weighted by atomic mass is 10.1. The molecule has 0 heterocycles. The van der Waals surface area contributed by atoms with Gasteiger partial charge in [-0.2, -0.15) is 0 Å². The van der Waals surface area contributed by atoms with Crippen LogP contribution in [0.2, 0.25) is 0 Å². The van der Waals surface area contributed by atoms with Gasteiger partial charge in [0.2, 0.25) is 0 Å². The Balaban J connectivity index is 2.07. The first kappa shape index (κ1) is 13.0. The number of carbonyl (C=O) groups is 1. The van der Waals surface area contributed by atoms with Gasteiger partial charge in [0.05, 0.1) is 12.7 Å². The van der Waals surface area contributed by atoms with Crippen LogP contribution < -0.4 is 10.1 Å². The van der Waals surface area contributed by atoms with Gasteiger partial charge in [0.15, 0.2) is 0 Å². The molecular weight excluding hydrogens is 242 g/mol. The molecule has 2 N–H and O–H groups in total. The Hall–Kier alpha value is -2.49. The highest BCUT2D eigenvalue weighted by molar-refractivity contribution is 5.94. The summed E-state index contributed by atoms with van der Waals surface area (Å²) in [6.07, 6.45) is 0. The minimum Gasteiger partial charge on any atom is -0.497 e. The van der Waals surface area contributed by atoms with Gasteiger partial charge in [-0.15, -0.1) is 0 Å². The van der Waals surface area contributed by atoms with Gasteiger partial charge >= 0.3 is 5.97 Å². The number of nitrogens with one attached hydrogen (secondary N) is 1. The monoisotopic (exact) mass is 257 g/mol. The topological polar surface area (TPSA) is 58.6 Å². The lowest BCUT2D eigenvalue weighted by Gasteiger charge is -2.09. The lowest BCUT2D eigenvalue weighted by molar-refractivity contribution is 0.0698. The van der Waals surface area contributed by atoms with E-state index in [9.17, 15) is 4.79 Å². The van der Waals surface area contributed by atoms with Crippen LogP contribution in [-0.2, 0) is 6.54 Å². The van der Waals surface area contributed by atoms with Crippen molar-refractivity contribution in [2.24, 2.45) is 0 Å². The lowest BCUT2D eigenvalue weighted by Crippen LogP contribution is -2.06. The summed E-state index contributed by atoms with van der Waals surface area (Å²) in [5.41, 5.74) is 1.95. The minimum atomic E-state index is -0.933. The van der Waals surface area contributed by atoms with E-state index in [-0.39, 0.29) is 5.56 Å². The molecule has 98 valence electrons. The van der Waals surface area contributed by atoms with Gasteiger partial charge in [-0.3, -0.25) is 0 Å². The SMILES string of the molecule is COc1ccc(CNc2ccccc2C(=O)O)cc1. The molecule has 0 aliphatic carbocycles. The molecule has 0 bridgehead atoms. The molecule has 0 aliphatic rings. The van der Waals surface area contributed by atoms with Crippen LogP contribution in [0.4, 0.5) is 5.69 Å². The number of benzene rings is 2. The first-order chi connectivity index (χ1) is 9.20. The molecule has 0 aliphatic heterocycles. The van der Waals surface area contributed by atoms with Crippen LogP contribution in [0.1, 0.15) is 15.9 Å². The largest absolute Gasteiger partial charge is 0.497 e. The van der Waals surface area contributed by atoms with Crippen molar-refractivity contribution in [1.82, 2.24) is 0 Å². The quantitative estimate of drug-likeness (QED) is 0.864. The highest BCUT2D eigenvalue weighted by atomic mass is 16.5. The van der Waals surface area contributed by atoms with Gasteiger partial charge in [-0.1, -0.05) is 24.3 Å². The van der Waals surface area contributed by atoms with E-state index in [1.54, 1.807) is 25.3 Å². The van der Waals surface area contributed by atoms with E-state index in [0.29, 0.717) is 12.2 Å². The summed E-state index contributed by atoms with van der Waals surface area (Å²) in [7, 11) is 1.62. The van der Waals surface area contributed by atoms with E-state index >= 15 is 0 Å². The van der Waals surface area contributed by atoms with Crippen molar-refractivity contribution in [2.75, 3.05) is 12.4 Å². The van der Waals surface area contributed by atoms with Crippen LogP contribution >= 0.6 is 0 Å². The number of carboxylic acid groups (broad SMARTS) is 1. The smallest absolute Gasteiger partial charge is 0.337 e. The molecule has 0 radical (unpaired) electrons. The molecule has 0 saturated heterocycles. The summed E-state index contributed by atoms with van der Waals surface area (Å²) in [6, 6.07) is 14.5. The average molecular weight is 257 g/mol. The third kappa shape index (κ3) is 3.25. The minimum absolute atomic E-state index is 0.274. The second-order valence-electron chi connectivity index (χ2n) is 4.05. The van der Waals surface area contributed by atoms with Gasteiger partial charge in [0.25, 0.3) is 0 Å². The van der Waals surface area contributed by atoms with E-state index in [4.69, 9.17) is 9.84 Å². The summed E-state index contributed by atoms with van der Waals surface area (Å²) >= 11 is 0. The van der Waals surface area contributed by atoms with Crippen LogP contribution in [0.25, 0.3) is 0 Å². The molecule has 19 heavy (non-hydrogen) atoms. The predicted octanol–water partition coefficient (Wildman–Crippen LogP) is 3.01. The normalized spacial score (nSPS) is 9.95. The van der Waals surface area contributed by atoms with E-state index < -0.39 is 5.97 Å². The van der Waals surface area contributed by atoms with Crippen molar-refractivity contribution < 1.29 is 14.6 Å². The summed E-state index contributed by atoms with van der Waals surface area (Å²) in [5.74, 6) is -0.132. The molecule has 0 unspecified atom stereocenters. The van der Waals surface area contributed by atoms with Crippen LogP contribution in [-0.4, -0.2) is 18.2 Å². The Morgan fingerprint density at radius 3 is 2.47 bits per heavy atom. The number of ether oxygens (including phenoxy) is 1. The van der Waals surface area contributed by atoms with Crippen molar-refractivity contribution in [2.45, 2.75) is 6.54 Å².